The highest BCUT2D eigenvalue weighted by Gasteiger charge is 2.13. The van der Waals surface area contributed by atoms with Gasteiger partial charge >= 0.3 is 7.12 Å². The summed E-state index contributed by atoms with van der Waals surface area (Å²) in [4.78, 5) is 0. The van der Waals surface area contributed by atoms with E-state index in [0.717, 1.165) is 0 Å². The summed E-state index contributed by atoms with van der Waals surface area (Å²) in [7, 11) is -1.64. The number of benzene rings is 1. The van der Waals surface area contributed by atoms with Crippen LogP contribution in [0.15, 0.2) is 23.3 Å². The number of hydrogen-bond donors (Lipinski definition) is 5. The summed E-state index contributed by atoms with van der Waals surface area (Å²) in [6, 6.07) is 5.84. The summed E-state index contributed by atoms with van der Waals surface area (Å²) in [6.07, 6.45) is 0. The Labute approximate surface area is 108 Å². The molecule has 0 aliphatic carbocycles. The molecule has 0 radical (unpaired) electrons. The minimum Gasteiger partial charge on any atom is -0.423 e. The van der Waals surface area contributed by atoms with Gasteiger partial charge in [-0.15, -0.1) is 0 Å². The molecule has 7 nitrogen and oxygen atoms in total. The van der Waals surface area contributed by atoms with Gasteiger partial charge in [-0.3, -0.25) is 10.8 Å². The SMILES string of the molecule is N#C/C(=N\Nc1cc(B(O)O)ccc1Cl)C(=N)N. The van der Waals surface area contributed by atoms with Crippen molar-refractivity contribution in [1.29, 1.82) is 10.7 Å². The molecule has 0 aromatic heterocycles. The lowest BCUT2D eigenvalue weighted by molar-refractivity contribution is 0.426. The average molecular weight is 265 g/mol. The Morgan fingerprint density at radius 1 is 1.56 bits per heavy atom. The van der Waals surface area contributed by atoms with E-state index in [2.05, 4.69) is 10.5 Å². The third-order valence-corrected chi connectivity index (χ3v) is 2.27. The van der Waals surface area contributed by atoms with Crippen LogP contribution >= 0.6 is 11.6 Å². The van der Waals surface area contributed by atoms with Crippen molar-refractivity contribution in [3.63, 3.8) is 0 Å². The molecule has 0 saturated carbocycles. The molecule has 0 bridgehead atoms. The Morgan fingerprint density at radius 2 is 2.22 bits per heavy atom. The van der Waals surface area contributed by atoms with Crippen LogP contribution in [0.1, 0.15) is 0 Å². The first-order chi connectivity index (χ1) is 8.45. The smallest absolute Gasteiger partial charge is 0.423 e. The topological polar surface area (TPSA) is 139 Å². The van der Waals surface area contributed by atoms with Gasteiger partial charge in [-0.1, -0.05) is 17.7 Å². The number of halogens is 1. The van der Waals surface area contributed by atoms with Gasteiger partial charge in [0.25, 0.3) is 0 Å². The van der Waals surface area contributed by atoms with Crippen LogP contribution in [0.5, 0.6) is 0 Å². The van der Waals surface area contributed by atoms with Crippen molar-refractivity contribution in [2.75, 3.05) is 5.43 Å². The standard InChI is InChI=1S/C9H9BClN5O2/c11-6-2-1-5(10(17)18)3-7(6)15-16-8(4-12)9(13)14/h1-3,15,17-18H,(H3,13,14)/b16-8+. The number of anilines is 1. The highest BCUT2D eigenvalue weighted by atomic mass is 35.5. The maximum atomic E-state index is 8.99. The van der Waals surface area contributed by atoms with E-state index in [0.29, 0.717) is 0 Å². The van der Waals surface area contributed by atoms with E-state index >= 15 is 0 Å². The first-order valence-corrected chi connectivity index (χ1v) is 5.07. The van der Waals surface area contributed by atoms with E-state index < -0.39 is 13.0 Å². The highest BCUT2D eigenvalue weighted by molar-refractivity contribution is 6.59. The van der Waals surface area contributed by atoms with E-state index in [-0.39, 0.29) is 21.9 Å². The Balaban J connectivity index is 3.01. The van der Waals surface area contributed by atoms with Crippen LogP contribution in [0, 0.1) is 16.7 Å². The summed E-state index contributed by atoms with van der Waals surface area (Å²) in [5.74, 6) is -0.487. The van der Waals surface area contributed by atoms with E-state index in [4.69, 9.17) is 38.1 Å². The average Bonchev–Trinajstić information content (AvgIpc) is 2.31. The van der Waals surface area contributed by atoms with Crippen LogP contribution in [0.25, 0.3) is 0 Å². The fourth-order valence-corrected chi connectivity index (χ4v) is 1.21. The molecule has 0 spiro atoms. The zero-order chi connectivity index (χ0) is 13.7. The fourth-order valence-electron chi connectivity index (χ4n) is 1.05. The molecule has 18 heavy (non-hydrogen) atoms. The number of nitrogens with zero attached hydrogens (tertiary/aromatic N) is 2. The summed E-state index contributed by atoms with van der Waals surface area (Å²) in [6.45, 7) is 0. The minimum atomic E-state index is -1.64. The zero-order valence-electron chi connectivity index (χ0n) is 9.05. The van der Waals surface area contributed by atoms with Gasteiger partial charge < -0.3 is 15.8 Å². The lowest BCUT2D eigenvalue weighted by Crippen LogP contribution is -2.29. The normalized spacial score (nSPS) is 10.7. The number of amidine groups is 1. The van der Waals surface area contributed by atoms with Gasteiger partial charge in [0.15, 0.2) is 5.84 Å². The number of nitriles is 1. The Hall–Kier alpha value is -2.08. The molecule has 92 valence electrons. The van der Waals surface area contributed by atoms with Crippen LogP contribution in [-0.2, 0) is 0 Å². The lowest BCUT2D eigenvalue weighted by atomic mass is 9.80. The van der Waals surface area contributed by atoms with Gasteiger partial charge in [0, 0.05) is 0 Å². The molecule has 0 atom stereocenters. The van der Waals surface area contributed by atoms with Gasteiger partial charge in [-0.25, -0.2) is 0 Å². The van der Waals surface area contributed by atoms with Crippen molar-refractivity contribution in [3.8, 4) is 6.07 Å². The van der Waals surface area contributed by atoms with Crippen molar-refractivity contribution in [2.45, 2.75) is 0 Å². The molecule has 1 rings (SSSR count). The molecule has 0 unspecified atom stereocenters. The van der Waals surface area contributed by atoms with E-state index in [1.54, 1.807) is 6.07 Å². The van der Waals surface area contributed by atoms with Gasteiger partial charge in [0.1, 0.15) is 6.07 Å². The molecule has 0 heterocycles. The molecule has 0 fully saturated rings. The summed E-state index contributed by atoms with van der Waals surface area (Å²) < 4.78 is 0. The van der Waals surface area contributed by atoms with Crippen LogP contribution < -0.4 is 16.6 Å². The molecule has 1 aromatic carbocycles. The van der Waals surface area contributed by atoms with Gasteiger partial charge in [0.05, 0.1) is 10.7 Å². The zero-order valence-corrected chi connectivity index (χ0v) is 9.81. The Kier molecular flexibility index (Phi) is 4.68. The molecule has 6 N–H and O–H groups in total. The van der Waals surface area contributed by atoms with Crippen LogP contribution in [0.2, 0.25) is 5.02 Å². The molecule has 0 saturated heterocycles. The monoisotopic (exact) mass is 265 g/mol. The van der Waals surface area contributed by atoms with Crippen molar-refractivity contribution in [1.82, 2.24) is 0 Å². The number of nitrogens with two attached hydrogens (primary N) is 1. The van der Waals surface area contributed by atoms with E-state index in [9.17, 15) is 0 Å². The number of nitrogens with one attached hydrogen (secondary N) is 2. The summed E-state index contributed by atoms with van der Waals surface area (Å²) in [5.41, 5.74) is 7.70. The lowest BCUT2D eigenvalue weighted by Gasteiger charge is -2.06. The third-order valence-electron chi connectivity index (χ3n) is 1.94. The van der Waals surface area contributed by atoms with Crippen molar-refractivity contribution in [3.05, 3.63) is 23.2 Å². The highest BCUT2D eigenvalue weighted by Crippen LogP contribution is 2.19. The summed E-state index contributed by atoms with van der Waals surface area (Å²) in [5, 5.41) is 37.5. The maximum Gasteiger partial charge on any atom is 0.488 e. The van der Waals surface area contributed by atoms with Gasteiger partial charge in [0.2, 0.25) is 5.71 Å². The van der Waals surface area contributed by atoms with Crippen molar-refractivity contribution < 1.29 is 10.0 Å². The molecular weight excluding hydrogens is 256 g/mol. The second-order valence-electron chi connectivity index (χ2n) is 3.21. The van der Waals surface area contributed by atoms with Gasteiger partial charge in [-0.05, 0) is 17.6 Å². The summed E-state index contributed by atoms with van der Waals surface area (Å²) >= 11 is 5.84. The minimum absolute atomic E-state index is 0.207. The van der Waals surface area contributed by atoms with Crippen LogP contribution in [0.4, 0.5) is 5.69 Å². The van der Waals surface area contributed by atoms with Crippen LogP contribution in [0.3, 0.4) is 0 Å². The molecular formula is C9H9BClN5O2. The van der Waals surface area contributed by atoms with Gasteiger partial charge in [-0.2, -0.15) is 10.4 Å². The van der Waals surface area contributed by atoms with Crippen LogP contribution in [-0.4, -0.2) is 28.7 Å². The first kappa shape index (κ1) is 14.0. The molecule has 0 aliphatic heterocycles. The molecule has 0 aliphatic rings. The molecule has 9 heteroatoms. The largest absolute Gasteiger partial charge is 0.488 e. The second kappa shape index (κ2) is 6.02. The Bertz CT molecular complexity index is 540. The number of hydrogen-bond acceptors (Lipinski definition) is 6. The number of hydrazone groups is 1. The quantitative estimate of drug-likeness (QED) is 0.211. The van der Waals surface area contributed by atoms with E-state index in [1.165, 1.54) is 18.2 Å². The van der Waals surface area contributed by atoms with Crippen molar-refractivity contribution >= 4 is 41.4 Å². The van der Waals surface area contributed by atoms with Crippen molar-refractivity contribution in [2.24, 2.45) is 10.8 Å². The Morgan fingerprint density at radius 3 is 2.72 bits per heavy atom. The maximum absolute atomic E-state index is 8.99. The molecule has 1 aromatic rings. The first-order valence-electron chi connectivity index (χ1n) is 4.69. The third kappa shape index (κ3) is 3.46. The number of rotatable bonds is 4. The molecule has 0 amide bonds. The van der Waals surface area contributed by atoms with E-state index in [1.807, 2.05) is 0 Å². The predicted molar refractivity (Wildman–Crippen MR) is 69.9 cm³/mol. The second-order valence-corrected chi connectivity index (χ2v) is 3.62. The fraction of sp³-hybridized carbons (Fsp3) is 0. The predicted octanol–water partition coefficient (Wildman–Crippen LogP) is -0.753.